The summed E-state index contributed by atoms with van der Waals surface area (Å²) in [6.45, 7) is 4.68. The predicted molar refractivity (Wildman–Crippen MR) is 71.0 cm³/mol. The second-order valence-electron chi connectivity index (χ2n) is 5.30. The lowest BCUT2D eigenvalue weighted by molar-refractivity contribution is -0.145. The molecule has 2 rings (SSSR count). The van der Waals surface area contributed by atoms with E-state index in [0.717, 1.165) is 5.56 Å². The maximum Gasteiger partial charge on any atom is 0.245 e. The van der Waals surface area contributed by atoms with E-state index in [0.29, 0.717) is 18.9 Å². The lowest BCUT2D eigenvalue weighted by atomic mass is 10.0. The van der Waals surface area contributed by atoms with Gasteiger partial charge in [-0.15, -0.1) is 0 Å². The van der Waals surface area contributed by atoms with Crippen molar-refractivity contribution < 1.29 is 9.59 Å². The van der Waals surface area contributed by atoms with Crippen LogP contribution >= 0.6 is 0 Å². The first kappa shape index (κ1) is 13.5. The molecule has 1 aromatic rings. The van der Waals surface area contributed by atoms with Crippen LogP contribution in [-0.4, -0.2) is 34.3 Å². The summed E-state index contributed by atoms with van der Waals surface area (Å²) >= 11 is 0. The molecule has 1 aromatic heterocycles. The molecule has 1 aliphatic heterocycles. The fourth-order valence-electron chi connectivity index (χ4n) is 2.25. The van der Waals surface area contributed by atoms with Gasteiger partial charge >= 0.3 is 0 Å². The Morgan fingerprint density at radius 3 is 2.68 bits per heavy atom. The molecule has 1 fully saturated rings. The van der Waals surface area contributed by atoms with Crippen molar-refractivity contribution >= 4 is 11.8 Å². The van der Waals surface area contributed by atoms with Crippen LogP contribution in [0.1, 0.15) is 25.8 Å². The van der Waals surface area contributed by atoms with Gasteiger partial charge in [-0.1, -0.05) is 13.8 Å². The zero-order valence-electron chi connectivity index (χ0n) is 11.3. The van der Waals surface area contributed by atoms with Gasteiger partial charge in [-0.05, 0) is 30.0 Å². The second-order valence-corrected chi connectivity index (χ2v) is 5.30. The largest absolute Gasteiger partial charge is 0.343 e. The summed E-state index contributed by atoms with van der Waals surface area (Å²) in [6.07, 6.45) is 4.06. The van der Waals surface area contributed by atoms with Crippen molar-refractivity contribution in [3.8, 4) is 0 Å². The minimum atomic E-state index is -0.386. The highest BCUT2D eigenvalue weighted by Crippen LogP contribution is 2.14. The number of amides is 2. The number of aromatic nitrogens is 1. The van der Waals surface area contributed by atoms with Gasteiger partial charge in [-0.25, -0.2) is 0 Å². The maximum absolute atomic E-state index is 12.3. The Labute approximate surface area is 113 Å². The summed E-state index contributed by atoms with van der Waals surface area (Å²) in [5, 5.41) is 2.77. The first-order valence-corrected chi connectivity index (χ1v) is 6.53. The van der Waals surface area contributed by atoms with E-state index in [-0.39, 0.29) is 24.4 Å². The Balaban J connectivity index is 2.07. The van der Waals surface area contributed by atoms with E-state index in [2.05, 4.69) is 10.3 Å². The zero-order valence-corrected chi connectivity index (χ0v) is 11.3. The number of piperazine rings is 1. The highest BCUT2D eigenvalue weighted by Gasteiger charge is 2.32. The maximum atomic E-state index is 12.3. The van der Waals surface area contributed by atoms with Crippen LogP contribution in [0, 0.1) is 5.92 Å². The van der Waals surface area contributed by atoms with Crippen molar-refractivity contribution in [2.24, 2.45) is 5.92 Å². The standard InChI is InChI=1S/C14H19N3O2/c1-10(2)7-12-14(19)17(9-13(18)16-12)8-11-3-5-15-6-4-11/h3-6,10,12H,7-9H2,1-2H3,(H,16,18). The highest BCUT2D eigenvalue weighted by molar-refractivity contribution is 5.94. The topological polar surface area (TPSA) is 62.3 Å². The normalized spacial score (nSPS) is 19.7. The minimum Gasteiger partial charge on any atom is -0.343 e. The molecule has 1 aliphatic rings. The molecule has 2 heterocycles. The van der Waals surface area contributed by atoms with E-state index in [9.17, 15) is 9.59 Å². The van der Waals surface area contributed by atoms with E-state index < -0.39 is 0 Å². The molecule has 1 atom stereocenters. The molecule has 5 heteroatoms. The van der Waals surface area contributed by atoms with E-state index in [1.807, 2.05) is 26.0 Å². The van der Waals surface area contributed by atoms with Gasteiger partial charge in [0.1, 0.15) is 6.04 Å². The Morgan fingerprint density at radius 2 is 2.05 bits per heavy atom. The van der Waals surface area contributed by atoms with E-state index >= 15 is 0 Å². The van der Waals surface area contributed by atoms with Gasteiger partial charge in [0.2, 0.25) is 11.8 Å². The molecule has 0 radical (unpaired) electrons. The molecule has 0 spiro atoms. The van der Waals surface area contributed by atoms with Gasteiger partial charge in [-0.3, -0.25) is 14.6 Å². The summed E-state index contributed by atoms with van der Waals surface area (Å²) in [4.78, 5) is 29.5. The molecule has 0 bridgehead atoms. The van der Waals surface area contributed by atoms with Crippen molar-refractivity contribution in [2.45, 2.75) is 32.9 Å². The SMILES string of the molecule is CC(C)CC1NC(=O)CN(Cc2ccncc2)C1=O. The number of hydrogen-bond acceptors (Lipinski definition) is 3. The van der Waals surface area contributed by atoms with Gasteiger partial charge < -0.3 is 10.2 Å². The molecule has 102 valence electrons. The number of nitrogens with zero attached hydrogens (tertiary/aromatic N) is 2. The third-order valence-corrected chi connectivity index (χ3v) is 3.11. The molecule has 0 saturated carbocycles. The molecule has 19 heavy (non-hydrogen) atoms. The van der Waals surface area contributed by atoms with Crippen molar-refractivity contribution in [1.82, 2.24) is 15.2 Å². The van der Waals surface area contributed by atoms with Gasteiger partial charge in [-0.2, -0.15) is 0 Å². The number of carbonyl (C=O) groups excluding carboxylic acids is 2. The molecule has 2 amide bonds. The van der Waals surface area contributed by atoms with Gasteiger partial charge in [0.25, 0.3) is 0 Å². The predicted octanol–water partition coefficient (Wildman–Crippen LogP) is 0.955. The Bertz CT molecular complexity index is 459. The number of nitrogens with one attached hydrogen (secondary N) is 1. The van der Waals surface area contributed by atoms with Crippen LogP contribution in [0.3, 0.4) is 0 Å². The zero-order chi connectivity index (χ0) is 13.8. The summed E-state index contributed by atoms with van der Waals surface area (Å²) in [5.41, 5.74) is 0.987. The summed E-state index contributed by atoms with van der Waals surface area (Å²) in [7, 11) is 0. The lowest BCUT2D eigenvalue weighted by Gasteiger charge is -2.33. The van der Waals surface area contributed by atoms with Crippen LogP contribution in [0.4, 0.5) is 0 Å². The molecular formula is C14H19N3O2. The molecule has 1 N–H and O–H groups in total. The summed E-state index contributed by atoms with van der Waals surface area (Å²) in [6, 6.07) is 3.33. The highest BCUT2D eigenvalue weighted by atomic mass is 16.2. The average molecular weight is 261 g/mol. The third kappa shape index (κ3) is 3.53. The van der Waals surface area contributed by atoms with Crippen LogP contribution in [0.2, 0.25) is 0 Å². The van der Waals surface area contributed by atoms with E-state index in [1.165, 1.54) is 0 Å². The first-order chi connectivity index (χ1) is 9.06. The van der Waals surface area contributed by atoms with Crippen LogP contribution in [0.15, 0.2) is 24.5 Å². The Morgan fingerprint density at radius 1 is 1.37 bits per heavy atom. The molecule has 1 saturated heterocycles. The fourth-order valence-corrected chi connectivity index (χ4v) is 2.25. The minimum absolute atomic E-state index is 0.00473. The monoisotopic (exact) mass is 261 g/mol. The van der Waals surface area contributed by atoms with E-state index in [1.54, 1.807) is 17.3 Å². The van der Waals surface area contributed by atoms with Crippen molar-refractivity contribution in [1.29, 1.82) is 0 Å². The number of hydrogen-bond donors (Lipinski definition) is 1. The number of carbonyl (C=O) groups is 2. The third-order valence-electron chi connectivity index (χ3n) is 3.11. The first-order valence-electron chi connectivity index (χ1n) is 6.53. The van der Waals surface area contributed by atoms with Gasteiger partial charge in [0.15, 0.2) is 0 Å². The van der Waals surface area contributed by atoms with Crippen LogP contribution in [0.5, 0.6) is 0 Å². The van der Waals surface area contributed by atoms with Crippen LogP contribution < -0.4 is 5.32 Å². The number of pyridine rings is 1. The van der Waals surface area contributed by atoms with Crippen molar-refractivity contribution in [3.05, 3.63) is 30.1 Å². The molecule has 0 aromatic carbocycles. The van der Waals surface area contributed by atoms with E-state index in [4.69, 9.17) is 0 Å². The second kappa shape index (κ2) is 5.82. The Hall–Kier alpha value is -1.91. The quantitative estimate of drug-likeness (QED) is 0.878. The Kier molecular flexibility index (Phi) is 4.14. The molecule has 0 aliphatic carbocycles. The lowest BCUT2D eigenvalue weighted by Crippen LogP contribution is -2.57. The summed E-state index contributed by atoms with van der Waals surface area (Å²) in [5.74, 6) is 0.291. The van der Waals surface area contributed by atoms with Crippen LogP contribution in [-0.2, 0) is 16.1 Å². The molecule has 1 unspecified atom stereocenters. The van der Waals surface area contributed by atoms with Gasteiger partial charge in [0, 0.05) is 18.9 Å². The molecule has 5 nitrogen and oxygen atoms in total. The van der Waals surface area contributed by atoms with Gasteiger partial charge in [0.05, 0.1) is 6.54 Å². The van der Waals surface area contributed by atoms with Crippen molar-refractivity contribution in [2.75, 3.05) is 6.54 Å². The summed E-state index contributed by atoms with van der Waals surface area (Å²) < 4.78 is 0. The van der Waals surface area contributed by atoms with Crippen LogP contribution in [0.25, 0.3) is 0 Å². The number of rotatable bonds is 4. The average Bonchev–Trinajstić information content (AvgIpc) is 2.35. The smallest absolute Gasteiger partial charge is 0.245 e. The fraction of sp³-hybridized carbons (Fsp3) is 0.500. The van der Waals surface area contributed by atoms with Crippen molar-refractivity contribution in [3.63, 3.8) is 0 Å². The molecular weight excluding hydrogens is 242 g/mol.